The van der Waals surface area contributed by atoms with Crippen LogP contribution in [0, 0.1) is 0 Å². The van der Waals surface area contributed by atoms with Gasteiger partial charge in [0.25, 0.3) is 0 Å². The van der Waals surface area contributed by atoms with Gasteiger partial charge < -0.3 is 0 Å². The molecule has 60 heavy (non-hydrogen) atoms. The second-order valence-electron chi connectivity index (χ2n) is 15.4. The minimum atomic E-state index is 1.18. The fraction of sp³-hybridized carbons (Fsp3) is 0. The molecule has 0 bridgehead atoms. The van der Waals surface area contributed by atoms with E-state index >= 15 is 0 Å². The zero-order valence-electron chi connectivity index (χ0n) is 33.2. The van der Waals surface area contributed by atoms with Gasteiger partial charge in [0.15, 0.2) is 0 Å². The summed E-state index contributed by atoms with van der Waals surface area (Å²) in [5.41, 5.74) is 21.6. The second kappa shape index (κ2) is 16.6. The molecule has 0 aliphatic rings. The number of rotatable bonds is 9. The molecule has 0 spiro atoms. The van der Waals surface area contributed by atoms with E-state index in [0.717, 1.165) is 0 Å². The van der Waals surface area contributed by atoms with Gasteiger partial charge in [0, 0.05) is 0 Å². The van der Waals surface area contributed by atoms with Gasteiger partial charge in [0.05, 0.1) is 0 Å². The third-order valence-corrected chi connectivity index (χ3v) is 11.5. The molecule has 0 nitrogen and oxygen atoms in total. The molecular formula is C60H42. The molecule has 0 radical (unpaired) electrons. The first kappa shape index (κ1) is 36.5. The zero-order chi connectivity index (χ0) is 40.1. The first-order chi connectivity index (χ1) is 29.7. The SMILES string of the molecule is c1ccc(-c2ccc(-c3cc(-c4cccc(-c5cccc(-c6ccccc6)c5)c4)cc(-c4cccc(-c5cccc(-c6cccc(-c7ccccc7)c6)c5)c4)c3)cc2)cc1. The van der Waals surface area contributed by atoms with Crippen LogP contribution < -0.4 is 0 Å². The average Bonchev–Trinajstić information content (AvgIpc) is 3.35. The quantitative estimate of drug-likeness (QED) is 0.137. The summed E-state index contributed by atoms with van der Waals surface area (Å²) in [6, 6.07) is 92.4. The molecule has 0 fully saturated rings. The van der Waals surface area contributed by atoms with Gasteiger partial charge >= 0.3 is 0 Å². The van der Waals surface area contributed by atoms with Crippen LogP contribution >= 0.6 is 0 Å². The monoisotopic (exact) mass is 762 g/mol. The van der Waals surface area contributed by atoms with Crippen molar-refractivity contribution < 1.29 is 0 Å². The van der Waals surface area contributed by atoms with Crippen LogP contribution in [0.2, 0.25) is 0 Å². The lowest BCUT2D eigenvalue weighted by Crippen LogP contribution is -1.89. The molecule has 0 aliphatic carbocycles. The maximum atomic E-state index is 2.35. The van der Waals surface area contributed by atoms with Crippen molar-refractivity contribution in [3.05, 3.63) is 255 Å². The molecular weight excluding hydrogens is 721 g/mol. The van der Waals surface area contributed by atoms with Gasteiger partial charge in [-0.15, -0.1) is 0 Å². The van der Waals surface area contributed by atoms with Gasteiger partial charge in [-0.3, -0.25) is 0 Å². The van der Waals surface area contributed by atoms with E-state index in [-0.39, 0.29) is 0 Å². The van der Waals surface area contributed by atoms with Crippen LogP contribution in [0.1, 0.15) is 0 Å². The Morgan fingerprint density at radius 3 is 0.533 bits per heavy atom. The Morgan fingerprint density at radius 1 is 0.100 bits per heavy atom. The fourth-order valence-corrected chi connectivity index (χ4v) is 8.27. The molecule has 10 rings (SSSR count). The fourth-order valence-electron chi connectivity index (χ4n) is 8.27. The highest BCUT2D eigenvalue weighted by molar-refractivity contribution is 5.86. The van der Waals surface area contributed by atoms with Crippen molar-refractivity contribution in [3.63, 3.8) is 0 Å². The van der Waals surface area contributed by atoms with E-state index < -0.39 is 0 Å². The normalized spacial score (nSPS) is 11.0. The molecule has 10 aromatic carbocycles. The Hall–Kier alpha value is -7.80. The predicted octanol–water partition coefficient (Wildman–Crippen LogP) is 16.7. The van der Waals surface area contributed by atoms with Crippen molar-refractivity contribution in [2.75, 3.05) is 0 Å². The van der Waals surface area contributed by atoms with Crippen LogP contribution in [0.3, 0.4) is 0 Å². The van der Waals surface area contributed by atoms with Gasteiger partial charge in [-0.1, -0.05) is 206 Å². The van der Waals surface area contributed by atoms with Crippen molar-refractivity contribution in [1.29, 1.82) is 0 Å². The van der Waals surface area contributed by atoms with E-state index in [4.69, 9.17) is 0 Å². The Kier molecular flexibility index (Phi) is 10.1. The van der Waals surface area contributed by atoms with Crippen molar-refractivity contribution in [2.45, 2.75) is 0 Å². The summed E-state index contributed by atoms with van der Waals surface area (Å²) < 4.78 is 0. The number of benzene rings is 10. The van der Waals surface area contributed by atoms with Crippen molar-refractivity contribution in [3.8, 4) is 100 Å². The molecule has 0 heterocycles. The lowest BCUT2D eigenvalue weighted by Gasteiger charge is -2.14. The van der Waals surface area contributed by atoms with Crippen LogP contribution in [-0.2, 0) is 0 Å². The maximum absolute atomic E-state index is 2.35. The Balaban J connectivity index is 1.04. The third kappa shape index (κ3) is 7.88. The molecule has 0 aromatic heterocycles. The van der Waals surface area contributed by atoms with Crippen LogP contribution in [0.4, 0.5) is 0 Å². The Labute approximate surface area is 353 Å². The molecule has 282 valence electrons. The first-order valence-electron chi connectivity index (χ1n) is 20.6. The third-order valence-electron chi connectivity index (χ3n) is 11.5. The van der Waals surface area contributed by atoms with Gasteiger partial charge in [0.1, 0.15) is 0 Å². The van der Waals surface area contributed by atoms with Crippen LogP contribution in [-0.4, -0.2) is 0 Å². The van der Waals surface area contributed by atoms with Gasteiger partial charge in [-0.05, 0) is 149 Å². The molecule has 0 saturated carbocycles. The highest BCUT2D eigenvalue weighted by atomic mass is 14.2. The van der Waals surface area contributed by atoms with E-state index in [2.05, 4.69) is 255 Å². The van der Waals surface area contributed by atoms with E-state index in [1.165, 1.54) is 100 Å². The summed E-state index contributed by atoms with van der Waals surface area (Å²) in [4.78, 5) is 0. The van der Waals surface area contributed by atoms with E-state index in [0.29, 0.717) is 0 Å². The minimum Gasteiger partial charge on any atom is -0.0622 e. The lowest BCUT2D eigenvalue weighted by molar-refractivity contribution is 1.54. The molecule has 0 amide bonds. The lowest BCUT2D eigenvalue weighted by atomic mass is 9.90. The molecule has 10 aromatic rings. The van der Waals surface area contributed by atoms with Crippen molar-refractivity contribution in [2.24, 2.45) is 0 Å². The molecule has 0 atom stereocenters. The Bertz CT molecular complexity index is 3050. The predicted molar refractivity (Wildman–Crippen MR) is 255 cm³/mol. The zero-order valence-corrected chi connectivity index (χ0v) is 33.2. The summed E-state index contributed by atoms with van der Waals surface area (Å²) in [6.45, 7) is 0. The van der Waals surface area contributed by atoms with Crippen molar-refractivity contribution >= 4 is 0 Å². The van der Waals surface area contributed by atoms with E-state index in [1.807, 2.05) is 0 Å². The summed E-state index contributed by atoms with van der Waals surface area (Å²) in [5, 5.41) is 0. The van der Waals surface area contributed by atoms with E-state index in [9.17, 15) is 0 Å². The highest BCUT2D eigenvalue weighted by Gasteiger charge is 2.12. The number of hydrogen-bond donors (Lipinski definition) is 0. The standard InChI is InChI=1S/C60H42/c1-4-15-43(16-5-1)46-31-33-47(34-32-46)58-40-59(56-29-13-27-54(38-56)51-24-11-22-49(36-51)45-19-8-3-9-20-45)42-60(41-58)57-30-14-28-55(39-57)53-26-12-25-52(37-53)50-23-10-21-48(35-50)44-17-6-2-7-18-44/h1-42H. The average molecular weight is 763 g/mol. The van der Waals surface area contributed by atoms with Crippen LogP contribution in [0.15, 0.2) is 255 Å². The molecule has 0 heteroatoms. The molecule has 0 aliphatic heterocycles. The van der Waals surface area contributed by atoms with Crippen LogP contribution in [0.25, 0.3) is 100 Å². The van der Waals surface area contributed by atoms with Gasteiger partial charge in [-0.2, -0.15) is 0 Å². The summed E-state index contributed by atoms with van der Waals surface area (Å²) in [5.74, 6) is 0. The molecule has 0 N–H and O–H groups in total. The van der Waals surface area contributed by atoms with Crippen LogP contribution in [0.5, 0.6) is 0 Å². The Morgan fingerprint density at radius 2 is 0.250 bits per heavy atom. The molecule has 0 saturated heterocycles. The molecule has 0 unspecified atom stereocenters. The highest BCUT2D eigenvalue weighted by Crippen LogP contribution is 2.38. The largest absolute Gasteiger partial charge is 0.0622 e. The first-order valence-corrected chi connectivity index (χ1v) is 20.6. The maximum Gasteiger partial charge on any atom is -0.0171 e. The minimum absolute atomic E-state index is 1.18. The number of hydrogen-bond acceptors (Lipinski definition) is 0. The topological polar surface area (TPSA) is 0 Å². The van der Waals surface area contributed by atoms with Gasteiger partial charge in [-0.25, -0.2) is 0 Å². The summed E-state index contributed by atoms with van der Waals surface area (Å²) >= 11 is 0. The van der Waals surface area contributed by atoms with Gasteiger partial charge in [0.2, 0.25) is 0 Å². The summed E-state index contributed by atoms with van der Waals surface area (Å²) in [7, 11) is 0. The smallest absolute Gasteiger partial charge is 0.0171 e. The van der Waals surface area contributed by atoms with Crippen molar-refractivity contribution in [1.82, 2.24) is 0 Å². The summed E-state index contributed by atoms with van der Waals surface area (Å²) in [6.07, 6.45) is 0. The second-order valence-corrected chi connectivity index (χ2v) is 15.4. The van der Waals surface area contributed by atoms with E-state index in [1.54, 1.807) is 0 Å².